The molecule has 2 heterocycles. The molecule has 2 aromatic rings. The van der Waals surface area contributed by atoms with E-state index < -0.39 is 0 Å². The number of anilines is 1. The van der Waals surface area contributed by atoms with Crippen LogP contribution in [0.3, 0.4) is 0 Å². The summed E-state index contributed by atoms with van der Waals surface area (Å²) in [6.07, 6.45) is 5.70. The van der Waals surface area contributed by atoms with E-state index in [-0.39, 0.29) is 5.91 Å². The average Bonchev–Trinajstić information content (AvgIpc) is 2.73. The number of nitrogens with one attached hydrogen (secondary N) is 1. The lowest BCUT2D eigenvalue weighted by molar-refractivity contribution is -0.116. The number of methoxy groups -OCH3 is 2. The number of benzene rings is 1. The predicted molar refractivity (Wildman–Crippen MR) is 105 cm³/mol. The zero-order valence-electron chi connectivity index (χ0n) is 16.0. The first-order valence-electron chi connectivity index (χ1n) is 9.38. The molecule has 144 valence electrons. The summed E-state index contributed by atoms with van der Waals surface area (Å²) >= 11 is 0. The number of hydrogen-bond acceptors (Lipinski definition) is 5. The number of nitrogens with zero attached hydrogens (tertiary/aromatic N) is 2. The largest absolute Gasteiger partial charge is 0.497 e. The highest BCUT2D eigenvalue weighted by atomic mass is 16.5. The SMILES string of the molecule is COc1ccc(OC)c(NC(=O)CCN2CCCC[C@H]2c2ccccn2)c1. The molecule has 0 radical (unpaired) electrons. The fraction of sp³-hybridized carbons (Fsp3) is 0.429. The number of ether oxygens (including phenoxy) is 2. The van der Waals surface area contributed by atoms with E-state index in [9.17, 15) is 4.79 Å². The van der Waals surface area contributed by atoms with Crippen molar-refractivity contribution >= 4 is 11.6 Å². The minimum absolute atomic E-state index is 0.0353. The zero-order chi connectivity index (χ0) is 19.1. The number of hydrogen-bond donors (Lipinski definition) is 1. The fourth-order valence-electron chi connectivity index (χ4n) is 3.54. The summed E-state index contributed by atoms with van der Waals surface area (Å²) in [5, 5.41) is 2.94. The molecule has 3 rings (SSSR count). The molecule has 1 aliphatic heterocycles. The Morgan fingerprint density at radius 1 is 1.22 bits per heavy atom. The minimum Gasteiger partial charge on any atom is -0.497 e. The summed E-state index contributed by atoms with van der Waals surface area (Å²) in [6.45, 7) is 1.70. The molecule has 6 nitrogen and oxygen atoms in total. The van der Waals surface area contributed by atoms with Crippen LogP contribution in [0.1, 0.15) is 37.4 Å². The van der Waals surface area contributed by atoms with Crippen molar-refractivity contribution in [1.82, 2.24) is 9.88 Å². The number of carbonyl (C=O) groups excluding carboxylic acids is 1. The molecule has 1 atom stereocenters. The molecule has 1 saturated heterocycles. The minimum atomic E-state index is -0.0353. The number of amides is 1. The first kappa shape index (κ1) is 19.2. The second-order valence-corrected chi connectivity index (χ2v) is 6.67. The summed E-state index contributed by atoms with van der Waals surface area (Å²) < 4.78 is 10.6. The first-order chi connectivity index (χ1) is 13.2. The van der Waals surface area contributed by atoms with Gasteiger partial charge in [0.25, 0.3) is 0 Å². The van der Waals surface area contributed by atoms with E-state index in [1.165, 1.54) is 6.42 Å². The third-order valence-corrected chi connectivity index (χ3v) is 4.95. The van der Waals surface area contributed by atoms with E-state index in [0.717, 1.165) is 25.1 Å². The molecule has 6 heteroatoms. The molecule has 27 heavy (non-hydrogen) atoms. The summed E-state index contributed by atoms with van der Waals surface area (Å²) in [7, 11) is 3.18. The van der Waals surface area contributed by atoms with Crippen molar-refractivity contribution in [3.63, 3.8) is 0 Å². The number of rotatable bonds is 7. The second kappa shape index (κ2) is 9.37. The van der Waals surface area contributed by atoms with Crippen molar-refractivity contribution < 1.29 is 14.3 Å². The Morgan fingerprint density at radius 3 is 2.85 bits per heavy atom. The summed E-state index contributed by atoms with van der Waals surface area (Å²) in [6, 6.07) is 11.7. The van der Waals surface area contributed by atoms with Gasteiger partial charge in [-0.2, -0.15) is 0 Å². The van der Waals surface area contributed by atoms with E-state index >= 15 is 0 Å². The van der Waals surface area contributed by atoms with Gasteiger partial charge in [0.2, 0.25) is 5.91 Å². The molecule has 1 aliphatic rings. The Kier molecular flexibility index (Phi) is 6.65. The maximum atomic E-state index is 12.5. The van der Waals surface area contributed by atoms with Crippen molar-refractivity contribution in [2.45, 2.75) is 31.7 Å². The summed E-state index contributed by atoms with van der Waals surface area (Å²) in [5.41, 5.74) is 1.72. The Morgan fingerprint density at radius 2 is 2.11 bits per heavy atom. The molecule has 0 aliphatic carbocycles. The molecule has 1 amide bonds. The van der Waals surface area contributed by atoms with E-state index in [1.807, 2.05) is 18.3 Å². The maximum Gasteiger partial charge on any atom is 0.225 e. The van der Waals surface area contributed by atoms with Crippen molar-refractivity contribution in [3.05, 3.63) is 48.3 Å². The van der Waals surface area contributed by atoms with Crippen LogP contribution in [0.25, 0.3) is 0 Å². The second-order valence-electron chi connectivity index (χ2n) is 6.67. The van der Waals surface area contributed by atoms with Crippen LogP contribution in [0.15, 0.2) is 42.6 Å². The topological polar surface area (TPSA) is 63.7 Å². The third kappa shape index (κ3) is 4.98. The molecule has 0 saturated carbocycles. The molecule has 1 fully saturated rings. The third-order valence-electron chi connectivity index (χ3n) is 4.95. The number of likely N-dealkylation sites (tertiary alicyclic amines) is 1. The van der Waals surface area contributed by atoms with Crippen molar-refractivity contribution in [2.75, 3.05) is 32.6 Å². The van der Waals surface area contributed by atoms with Gasteiger partial charge in [0, 0.05) is 25.2 Å². The van der Waals surface area contributed by atoms with Crippen LogP contribution in [0, 0.1) is 0 Å². The lowest BCUT2D eigenvalue weighted by Crippen LogP contribution is -2.36. The monoisotopic (exact) mass is 369 g/mol. The average molecular weight is 369 g/mol. The van der Waals surface area contributed by atoms with Gasteiger partial charge in [0.15, 0.2) is 0 Å². The van der Waals surface area contributed by atoms with Gasteiger partial charge in [0.05, 0.1) is 31.6 Å². The van der Waals surface area contributed by atoms with Crippen molar-refractivity contribution in [2.24, 2.45) is 0 Å². The molecular weight excluding hydrogens is 342 g/mol. The molecular formula is C21H27N3O3. The van der Waals surface area contributed by atoms with E-state index in [2.05, 4.69) is 21.3 Å². The Labute approximate surface area is 160 Å². The van der Waals surface area contributed by atoms with Gasteiger partial charge in [0.1, 0.15) is 11.5 Å². The maximum absolute atomic E-state index is 12.5. The van der Waals surface area contributed by atoms with Gasteiger partial charge in [-0.25, -0.2) is 0 Å². The van der Waals surface area contributed by atoms with Gasteiger partial charge >= 0.3 is 0 Å². The highest BCUT2D eigenvalue weighted by Crippen LogP contribution is 2.31. The zero-order valence-corrected chi connectivity index (χ0v) is 16.0. The number of piperidine rings is 1. The molecule has 1 aromatic heterocycles. The number of aromatic nitrogens is 1. The Bertz CT molecular complexity index is 752. The molecule has 0 bridgehead atoms. The number of pyridine rings is 1. The quantitative estimate of drug-likeness (QED) is 0.807. The molecule has 1 aromatic carbocycles. The first-order valence-corrected chi connectivity index (χ1v) is 9.38. The lowest BCUT2D eigenvalue weighted by Gasteiger charge is -2.35. The molecule has 1 N–H and O–H groups in total. The van der Waals surface area contributed by atoms with Gasteiger partial charge < -0.3 is 14.8 Å². The standard InChI is InChI=1S/C21H27N3O3/c1-26-16-9-10-20(27-2)18(15-16)23-21(25)11-14-24-13-6-4-8-19(24)17-7-3-5-12-22-17/h3,5,7,9-10,12,15,19H,4,6,8,11,13-14H2,1-2H3,(H,23,25)/t19-/m0/s1. The smallest absolute Gasteiger partial charge is 0.225 e. The Hall–Kier alpha value is -2.60. The van der Waals surface area contributed by atoms with Crippen LogP contribution in [0.2, 0.25) is 0 Å². The van der Waals surface area contributed by atoms with Gasteiger partial charge in [-0.15, -0.1) is 0 Å². The lowest BCUT2D eigenvalue weighted by atomic mass is 9.98. The van der Waals surface area contributed by atoms with Crippen LogP contribution in [0.4, 0.5) is 5.69 Å². The van der Waals surface area contributed by atoms with E-state index in [0.29, 0.717) is 36.2 Å². The van der Waals surface area contributed by atoms with Crippen LogP contribution >= 0.6 is 0 Å². The highest BCUT2D eigenvalue weighted by Gasteiger charge is 2.25. The van der Waals surface area contributed by atoms with Gasteiger partial charge in [-0.3, -0.25) is 14.7 Å². The number of carbonyl (C=O) groups is 1. The van der Waals surface area contributed by atoms with Crippen LogP contribution < -0.4 is 14.8 Å². The van der Waals surface area contributed by atoms with E-state index in [1.54, 1.807) is 32.4 Å². The Balaban J connectivity index is 1.61. The molecule has 0 spiro atoms. The predicted octanol–water partition coefficient (Wildman–Crippen LogP) is 3.65. The van der Waals surface area contributed by atoms with Crippen molar-refractivity contribution in [1.29, 1.82) is 0 Å². The fourth-order valence-corrected chi connectivity index (χ4v) is 3.54. The van der Waals surface area contributed by atoms with Crippen LogP contribution in [-0.2, 0) is 4.79 Å². The van der Waals surface area contributed by atoms with Crippen LogP contribution in [0.5, 0.6) is 11.5 Å². The normalized spacial score (nSPS) is 17.3. The van der Waals surface area contributed by atoms with E-state index in [4.69, 9.17) is 9.47 Å². The van der Waals surface area contributed by atoms with Gasteiger partial charge in [-0.05, 0) is 43.7 Å². The summed E-state index contributed by atoms with van der Waals surface area (Å²) in [5.74, 6) is 1.26. The van der Waals surface area contributed by atoms with Crippen molar-refractivity contribution in [3.8, 4) is 11.5 Å². The molecule has 0 unspecified atom stereocenters. The van der Waals surface area contributed by atoms with Gasteiger partial charge in [-0.1, -0.05) is 12.5 Å². The highest BCUT2D eigenvalue weighted by molar-refractivity contribution is 5.92. The van der Waals surface area contributed by atoms with Crippen LogP contribution in [-0.4, -0.2) is 43.1 Å². The summed E-state index contributed by atoms with van der Waals surface area (Å²) in [4.78, 5) is 19.4.